The minimum atomic E-state index is -0.0672. The largest absolute Gasteiger partial charge is 0.336 e. The van der Waals surface area contributed by atoms with E-state index in [1.54, 1.807) is 34.0 Å². The molecule has 3 rings (SSSR count). The average Bonchev–Trinajstić information content (AvgIpc) is 3.17. The Balaban J connectivity index is 1.92. The second-order valence-electron chi connectivity index (χ2n) is 4.94. The highest BCUT2D eigenvalue weighted by Gasteiger charge is 2.18. The van der Waals surface area contributed by atoms with E-state index in [-0.39, 0.29) is 5.91 Å². The van der Waals surface area contributed by atoms with Crippen LogP contribution in [0.5, 0.6) is 0 Å². The monoisotopic (exact) mass is 329 g/mol. The van der Waals surface area contributed by atoms with Gasteiger partial charge in [-0.1, -0.05) is 18.2 Å². The van der Waals surface area contributed by atoms with Crippen LogP contribution in [0, 0.1) is 4.77 Å². The molecule has 0 saturated carbocycles. The molecule has 0 spiro atoms. The number of hydrogen-bond donors (Lipinski definition) is 1. The number of carbonyl (C=O) groups is 1. The Labute approximate surface area is 137 Å². The molecule has 22 heavy (non-hydrogen) atoms. The molecule has 4 nitrogen and oxygen atoms in total. The molecule has 1 amide bonds. The van der Waals surface area contributed by atoms with Gasteiger partial charge in [0.25, 0.3) is 5.91 Å². The number of para-hydroxylation sites is 1. The number of aromatic nitrogens is 2. The lowest BCUT2D eigenvalue weighted by Crippen LogP contribution is -2.27. The lowest BCUT2D eigenvalue weighted by atomic mass is 10.3. The quantitative estimate of drug-likeness (QED) is 0.738. The van der Waals surface area contributed by atoms with Crippen molar-refractivity contribution in [2.24, 2.45) is 0 Å². The highest BCUT2D eigenvalue weighted by Crippen LogP contribution is 2.16. The first-order chi connectivity index (χ1) is 10.7. The van der Waals surface area contributed by atoms with Crippen LogP contribution < -0.4 is 0 Å². The number of hydrogen-bond acceptors (Lipinski definition) is 3. The fourth-order valence-electron chi connectivity index (χ4n) is 2.28. The third kappa shape index (κ3) is 2.88. The summed E-state index contributed by atoms with van der Waals surface area (Å²) in [6.45, 7) is 0.578. The number of aromatic amines is 1. The Morgan fingerprint density at radius 3 is 2.77 bits per heavy atom. The van der Waals surface area contributed by atoms with Gasteiger partial charge in [0.1, 0.15) is 5.69 Å². The van der Waals surface area contributed by atoms with Crippen LogP contribution >= 0.6 is 23.6 Å². The fourth-order valence-corrected chi connectivity index (χ4v) is 3.21. The summed E-state index contributed by atoms with van der Waals surface area (Å²) in [6, 6.07) is 11.7. The summed E-state index contributed by atoms with van der Waals surface area (Å²) in [4.78, 5) is 17.4. The van der Waals surface area contributed by atoms with Crippen molar-refractivity contribution < 1.29 is 4.79 Å². The maximum atomic E-state index is 12.7. The SMILES string of the molecule is CN(Cc1ccsc1)C(=O)c1c[nH]c(=S)n1-c1ccccc1. The summed E-state index contributed by atoms with van der Waals surface area (Å²) in [5.41, 5.74) is 2.54. The van der Waals surface area contributed by atoms with E-state index in [9.17, 15) is 4.79 Å². The minimum absolute atomic E-state index is 0.0672. The molecular formula is C16H15N3OS2. The van der Waals surface area contributed by atoms with Gasteiger partial charge in [0.2, 0.25) is 0 Å². The van der Waals surface area contributed by atoms with E-state index in [0.717, 1.165) is 11.3 Å². The number of H-pyrrole nitrogens is 1. The molecule has 2 aromatic heterocycles. The first kappa shape index (κ1) is 14.7. The molecule has 1 aromatic carbocycles. The zero-order valence-corrected chi connectivity index (χ0v) is 13.7. The van der Waals surface area contributed by atoms with Crippen molar-refractivity contribution in [3.05, 3.63) is 69.4 Å². The van der Waals surface area contributed by atoms with Gasteiger partial charge in [-0.2, -0.15) is 11.3 Å². The first-order valence-electron chi connectivity index (χ1n) is 6.79. The molecule has 0 aliphatic rings. The summed E-state index contributed by atoms with van der Waals surface area (Å²) in [6.07, 6.45) is 1.67. The number of nitrogens with one attached hydrogen (secondary N) is 1. The molecule has 0 saturated heterocycles. The summed E-state index contributed by atoms with van der Waals surface area (Å²) in [7, 11) is 1.80. The molecule has 1 N–H and O–H groups in total. The predicted molar refractivity (Wildman–Crippen MR) is 91.1 cm³/mol. The molecular weight excluding hydrogens is 314 g/mol. The number of rotatable bonds is 4. The minimum Gasteiger partial charge on any atom is -0.336 e. The van der Waals surface area contributed by atoms with Crippen LogP contribution in [0.3, 0.4) is 0 Å². The number of imidazole rings is 1. The van der Waals surface area contributed by atoms with Crippen LogP contribution in [0.2, 0.25) is 0 Å². The maximum Gasteiger partial charge on any atom is 0.272 e. The van der Waals surface area contributed by atoms with E-state index < -0.39 is 0 Å². The van der Waals surface area contributed by atoms with Crippen LogP contribution in [-0.4, -0.2) is 27.4 Å². The second kappa shape index (κ2) is 6.29. The van der Waals surface area contributed by atoms with E-state index >= 15 is 0 Å². The third-order valence-corrected chi connectivity index (χ3v) is 4.39. The molecule has 112 valence electrons. The standard InChI is InChI=1S/C16H15N3OS2/c1-18(10-12-7-8-22-11-12)15(20)14-9-17-16(21)19(14)13-5-3-2-4-6-13/h2-9,11H,10H2,1H3,(H,17,21). The van der Waals surface area contributed by atoms with Gasteiger partial charge in [-0.3, -0.25) is 9.36 Å². The second-order valence-corrected chi connectivity index (χ2v) is 6.11. The van der Waals surface area contributed by atoms with Gasteiger partial charge in [0, 0.05) is 25.5 Å². The normalized spacial score (nSPS) is 10.6. The van der Waals surface area contributed by atoms with E-state index in [2.05, 4.69) is 4.98 Å². The number of thiophene rings is 1. The van der Waals surface area contributed by atoms with Gasteiger partial charge in [0.05, 0.1) is 0 Å². The van der Waals surface area contributed by atoms with E-state index in [4.69, 9.17) is 12.2 Å². The molecule has 6 heteroatoms. The zero-order chi connectivity index (χ0) is 15.5. The van der Waals surface area contributed by atoms with E-state index in [0.29, 0.717) is 17.0 Å². The number of amides is 1. The van der Waals surface area contributed by atoms with E-state index in [1.807, 2.05) is 47.2 Å². The zero-order valence-electron chi connectivity index (χ0n) is 12.0. The van der Waals surface area contributed by atoms with Crippen LogP contribution in [0.4, 0.5) is 0 Å². The van der Waals surface area contributed by atoms with Crippen molar-refractivity contribution >= 4 is 29.5 Å². The molecule has 3 aromatic rings. The molecule has 0 unspecified atom stereocenters. The highest BCUT2D eigenvalue weighted by atomic mass is 32.1. The lowest BCUT2D eigenvalue weighted by Gasteiger charge is -2.17. The summed E-state index contributed by atoms with van der Waals surface area (Å²) >= 11 is 6.94. The lowest BCUT2D eigenvalue weighted by molar-refractivity contribution is 0.0777. The van der Waals surface area contributed by atoms with Crippen molar-refractivity contribution in [3.8, 4) is 5.69 Å². The van der Waals surface area contributed by atoms with Crippen molar-refractivity contribution in [3.63, 3.8) is 0 Å². The average molecular weight is 329 g/mol. The molecule has 0 radical (unpaired) electrons. The Bertz CT molecular complexity index is 819. The maximum absolute atomic E-state index is 12.7. The molecule has 2 heterocycles. The van der Waals surface area contributed by atoms with Crippen molar-refractivity contribution in [2.45, 2.75) is 6.54 Å². The summed E-state index contributed by atoms with van der Waals surface area (Å²) < 4.78 is 2.28. The Morgan fingerprint density at radius 2 is 2.09 bits per heavy atom. The fraction of sp³-hybridized carbons (Fsp3) is 0.125. The Hall–Kier alpha value is -2.18. The van der Waals surface area contributed by atoms with E-state index in [1.165, 1.54) is 0 Å². The third-order valence-electron chi connectivity index (χ3n) is 3.36. The number of carbonyl (C=O) groups excluding carboxylic acids is 1. The van der Waals surface area contributed by atoms with Gasteiger partial charge < -0.3 is 9.88 Å². The van der Waals surface area contributed by atoms with Gasteiger partial charge in [-0.15, -0.1) is 0 Å². The van der Waals surface area contributed by atoms with Crippen molar-refractivity contribution in [1.82, 2.24) is 14.5 Å². The summed E-state index contributed by atoms with van der Waals surface area (Å²) in [5.74, 6) is -0.0672. The highest BCUT2D eigenvalue weighted by molar-refractivity contribution is 7.71. The van der Waals surface area contributed by atoms with Gasteiger partial charge in [-0.25, -0.2) is 0 Å². The summed E-state index contributed by atoms with van der Waals surface area (Å²) in [5, 5.41) is 4.06. The molecule has 0 atom stereocenters. The Kier molecular flexibility index (Phi) is 4.22. The molecule has 0 bridgehead atoms. The smallest absolute Gasteiger partial charge is 0.272 e. The molecule has 0 aliphatic carbocycles. The number of benzene rings is 1. The van der Waals surface area contributed by atoms with Gasteiger partial charge in [-0.05, 0) is 46.7 Å². The predicted octanol–water partition coefficient (Wildman–Crippen LogP) is 3.87. The van der Waals surface area contributed by atoms with Crippen LogP contribution in [-0.2, 0) is 6.54 Å². The van der Waals surface area contributed by atoms with Crippen LogP contribution in [0.25, 0.3) is 5.69 Å². The van der Waals surface area contributed by atoms with Gasteiger partial charge in [0.15, 0.2) is 4.77 Å². The van der Waals surface area contributed by atoms with Crippen molar-refractivity contribution in [1.29, 1.82) is 0 Å². The first-order valence-corrected chi connectivity index (χ1v) is 8.14. The molecule has 0 fully saturated rings. The number of nitrogens with zero attached hydrogens (tertiary/aromatic N) is 2. The topological polar surface area (TPSA) is 41.0 Å². The Morgan fingerprint density at radius 1 is 1.32 bits per heavy atom. The molecule has 0 aliphatic heterocycles. The van der Waals surface area contributed by atoms with Crippen LogP contribution in [0.15, 0.2) is 53.4 Å². The van der Waals surface area contributed by atoms with Crippen molar-refractivity contribution in [2.75, 3.05) is 7.05 Å². The van der Waals surface area contributed by atoms with Gasteiger partial charge >= 0.3 is 0 Å². The van der Waals surface area contributed by atoms with Crippen LogP contribution in [0.1, 0.15) is 16.1 Å².